The van der Waals surface area contributed by atoms with E-state index in [4.69, 9.17) is 11.6 Å². The molecule has 0 aliphatic rings. The molecule has 0 heterocycles. The zero-order chi connectivity index (χ0) is 17.5. The molecule has 0 aromatic heterocycles. The highest BCUT2D eigenvalue weighted by atomic mass is 35.5. The Balaban J connectivity index is 2.05. The van der Waals surface area contributed by atoms with Gasteiger partial charge in [0.15, 0.2) is 0 Å². The van der Waals surface area contributed by atoms with Gasteiger partial charge in [-0.2, -0.15) is 5.26 Å². The molecule has 0 aliphatic carbocycles. The number of nitriles is 1. The van der Waals surface area contributed by atoms with Crippen molar-refractivity contribution in [3.63, 3.8) is 0 Å². The van der Waals surface area contributed by atoms with Gasteiger partial charge in [-0.1, -0.05) is 43.6 Å². The Kier molecular flexibility index (Phi) is 6.00. The lowest BCUT2D eigenvalue weighted by Crippen LogP contribution is -2.14. The number of carbonyl (C=O) groups is 1. The molecule has 0 unspecified atom stereocenters. The van der Waals surface area contributed by atoms with Gasteiger partial charge in [0.05, 0.1) is 0 Å². The van der Waals surface area contributed by atoms with Gasteiger partial charge in [-0.15, -0.1) is 0 Å². The number of rotatable bonds is 5. The van der Waals surface area contributed by atoms with Crippen LogP contribution in [-0.4, -0.2) is 5.91 Å². The maximum absolute atomic E-state index is 12.2. The standard InChI is InChI=1S/C19H18ClN3O/c1-13(2)14-6-8-17(9-7-14)23-19(24)15(11-21)12-22-18-5-3-4-16(20)10-18/h3-10,12-13,22H,1-2H3,(H,23,24)/b15-12-. The van der Waals surface area contributed by atoms with Crippen LogP contribution in [0, 0.1) is 11.3 Å². The minimum atomic E-state index is -0.468. The largest absolute Gasteiger partial charge is 0.360 e. The Labute approximate surface area is 146 Å². The van der Waals surface area contributed by atoms with Crippen molar-refractivity contribution in [3.8, 4) is 6.07 Å². The third-order valence-corrected chi connectivity index (χ3v) is 3.64. The van der Waals surface area contributed by atoms with E-state index in [-0.39, 0.29) is 5.57 Å². The maximum atomic E-state index is 12.2. The number of hydrogen-bond donors (Lipinski definition) is 2. The molecule has 0 saturated heterocycles. The molecule has 0 radical (unpaired) electrons. The van der Waals surface area contributed by atoms with E-state index in [0.717, 1.165) is 0 Å². The summed E-state index contributed by atoms with van der Waals surface area (Å²) >= 11 is 5.89. The molecule has 0 spiro atoms. The van der Waals surface area contributed by atoms with E-state index in [2.05, 4.69) is 24.5 Å². The number of nitrogens with zero attached hydrogens (tertiary/aromatic N) is 1. The van der Waals surface area contributed by atoms with Gasteiger partial charge in [0.1, 0.15) is 11.6 Å². The molecule has 2 aromatic rings. The first-order chi connectivity index (χ1) is 11.5. The smallest absolute Gasteiger partial charge is 0.267 e. The van der Waals surface area contributed by atoms with Gasteiger partial charge in [0, 0.05) is 22.6 Å². The Bertz CT molecular complexity index is 789. The first-order valence-electron chi connectivity index (χ1n) is 7.53. The quantitative estimate of drug-likeness (QED) is 0.600. The van der Waals surface area contributed by atoms with Gasteiger partial charge < -0.3 is 10.6 Å². The van der Waals surface area contributed by atoms with Crippen LogP contribution in [0.2, 0.25) is 5.02 Å². The molecule has 0 aliphatic heterocycles. The van der Waals surface area contributed by atoms with Crippen LogP contribution in [0.4, 0.5) is 11.4 Å². The van der Waals surface area contributed by atoms with Crippen LogP contribution >= 0.6 is 11.6 Å². The summed E-state index contributed by atoms with van der Waals surface area (Å²) in [7, 11) is 0. The van der Waals surface area contributed by atoms with Crippen molar-refractivity contribution < 1.29 is 4.79 Å². The first-order valence-corrected chi connectivity index (χ1v) is 7.91. The highest BCUT2D eigenvalue weighted by Crippen LogP contribution is 2.18. The summed E-state index contributed by atoms with van der Waals surface area (Å²) in [4.78, 5) is 12.2. The Hall–Kier alpha value is -2.77. The van der Waals surface area contributed by atoms with Crippen molar-refractivity contribution in [3.05, 3.63) is 70.9 Å². The van der Waals surface area contributed by atoms with Crippen molar-refractivity contribution in [2.45, 2.75) is 19.8 Å². The molecule has 2 rings (SSSR count). The molecule has 0 fully saturated rings. The van der Waals surface area contributed by atoms with Gasteiger partial charge >= 0.3 is 0 Å². The average Bonchev–Trinajstić information content (AvgIpc) is 2.56. The molecule has 2 N–H and O–H groups in total. The van der Waals surface area contributed by atoms with E-state index in [1.165, 1.54) is 11.8 Å². The predicted octanol–water partition coefficient (Wildman–Crippen LogP) is 4.92. The van der Waals surface area contributed by atoms with Crippen LogP contribution in [0.15, 0.2) is 60.3 Å². The van der Waals surface area contributed by atoms with Crippen LogP contribution < -0.4 is 10.6 Å². The second kappa shape index (κ2) is 8.19. The number of halogens is 1. The lowest BCUT2D eigenvalue weighted by atomic mass is 10.0. The van der Waals surface area contributed by atoms with Crippen molar-refractivity contribution in [2.24, 2.45) is 0 Å². The molecular formula is C19H18ClN3O. The molecule has 0 bridgehead atoms. The van der Waals surface area contributed by atoms with E-state index in [9.17, 15) is 10.1 Å². The summed E-state index contributed by atoms with van der Waals surface area (Å²) in [6, 6.07) is 16.5. The zero-order valence-electron chi connectivity index (χ0n) is 13.5. The van der Waals surface area contributed by atoms with Crippen molar-refractivity contribution in [2.75, 3.05) is 10.6 Å². The number of hydrogen-bond acceptors (Lipinski definition) is 3. The number of nitrogens with one attached hydrogen (secondary N) is 2. The molecule has 0 saturated carbocycles. The van der Waals surface area contributed by atoms with E-state index >= 15 is 0 Å². The number of benzene rings is 2. The van der Waals surface area contributed by atoms with E-state index in [1.54, 1.807) is 24.3 Å². The van der Waals surface area contributed by atoms with Crippen molar-refractivity contribution >= 4 is 28.9 Å². The lowest BCUT2D eigenvalue weighted by molar-refractivity contribution is -0.112. The molecule has 0 atom stereocenters. The Morgan fingerprint density at radius 2 is 1.88 bits per heavy atom. The molecular weight excluding hydrogens is 322 g/mol. The third kappa shape index (κ3) is 4.87. The highest BCUT2D eigenvalue weighted by molar-refractivity contribution is 6.30. The van der Waals surface area contributed by atoms with Crippen LogP contribution in [-0.2, 0) is 4.79 Å². The SMILES string of the molecule is CC(C)c1ccc(NC(=O)/C(C#N)=C\Nc2cccc(Cl)c2)cc1. The van der Waals surface area contributed by atoms with Crippen LogP contribution in [0.5, 0.6) is 0 Å². The molecule has 5 heteroatoms. The van der Waals surface area contributed by atoms with Gasteiger partial charge in [-0.05, 0) is 41.8 Å². The first kappa shape index (κ1) is 17.6. The summed E-state index contributed by atoms with van der Waals surface area (Å²) in [6.45, 7) is 4.21. The van der Waals surface area contributed by atoms with Gasteiger partial charge in [-0.3, -0.25) is 4.79 Å². The topological polar surface area (TPSA) is 64.9 Å². The maximum Gasteiger partial charge on any atom is 0.267 e. The predicted molar refractivity (Wildman–Crippen MR) is 97.9 cm³/mol. The van der Waals surface area contributed by atoms with Crippen LogP contribution in [0.1, 0.15) is 25.3 Å². The summed E-state index contributed by atoms with van der Waals surface area (Å²) in [6.07, 6.45) is 1.36. The molecule has 24 heavy (non-hydrogen) atoms. The second-order valence-electron chi connectivity index (χ2n) is 5.56. The fourth-order valence-electron chi connectivity index (χ4n) is 2.03. The van der Waals surface area contributed by atoms with Crippen LogP contribution in [0.3, 0.4) is 0 Å². The normalized spacial score (nSPS) is 11.0. The number of amides is 1. The summed E-state index contributed by atoms with van der Waals surface area (Å²) < 4.78 is 0. The number of carbonyl (C=O) groups excluding carboxylic acids is 1. The Morgan fingerprint density at radius 1 is 1.17 bits per heavy atom. The summed E-state index contributed by atoms with van der Waals surface area (Å²) in [5, 5.41) is 15.4. The fourth-order valence-corrected chi connectivity index (χ4v) is 2.22. The number of anilines is 2. The summed E-state index contributed by atoms with van der Waals surface area (Å²) in [5.41, 5.74) is 2.51. The van der Waals surface area contributed by atoms with Crippen molar-refractivity contribution in [1.29, 1.82) is 5.26 Å². The van der Waals surface area contributed by atoms with E-state index < -0.39 is 5.91 Å². The molecule has 1 amide bonds. The lowest BCUT2D eigenvalue weighted by Gasteiger charge is -2.08. The monoisotopic (exact) mass is 339 g/mol. The highest BCUT2D eigenvalue weighted by Gasteiger charge is 2.09. The summed E-state index contributed by atoms with van der Waals surface area (Å²) in [5.74, 6) is -0.0458. The van der Waals surface area contributed by atoms with E-state index in [1.807, 2.05) is 30.3 Å². The zero-order valence-corrected chi connectivity index (χ0v) is 14.3. The van der Waals surface area contributed by atoms with Crippen molar-refractivity contribution in [1.82, 2.24) is 0 Å². The second-order valence-corrected chi connectivity index (χ2v) is 5.99. The molecule has 4 nitrogen and oxygen atoms in total. The van der Waals surface area contributed by atoms with Gasteiger partial charge in [0.2, 0.25) is 0 Å². The van der Waals surface area contributed by atoms with E-state index in [0.29, 0.717) is 22.3 Å². The molecule has 122 valence electrons. The average molecular weight is 340 g/mol. The minimum absolute atomic E-state index is 0.0251. The van der Waals surface area contributed by atoms with Gasteiger partial charge in [0.25, 0.3) is 5.91 Å². The van der Waals surface area contributed by atoms with Gasteiger partial charge in [-0.25, -0.2) is 0 Å². The minimum Gasteiger partial charge on any atom is -0.360 e. The third-order valence-electron chi connectivity index (χ3n) is 3.41. The Morgan fingerprint density at radius 3 is 2.46 bits per heavy atom. The fraction of sp³-hybridized carbons (Fsp3) is 0.158. The molecule has 2 aromatic carbocycles. The van der Waals surface area contributed by atoms with Crippen LogP contribution in [0.25, 0.3) is 0 Å².